The first kappa shape index (κ1) is 14.8. The van der Waals surface area contributed by atoms with Gasteiger partial charge < -0.3 is 10.8 Å². The number of carbonyl (C=O) groups excluding carboxylic acids is 1. The third-order valence-corrected chi connectivity index (χ3v) is 3.23. The van der Waals surface area contributed by atoms with Crippen LogP contribution < -0.4 is 5.73 Å². The summed E-state index contributed by atoms with van der Waals surface area (Å²) in [6.45, 7) is 2.77. The zero-order chi connectivity index (χ0) is 15.1. The van der Waals surface area contributed by atoms with Crippen LogP contribution in [0.4, 0.5) is 13.2 Å². The SMILES string of the molecule is CC1(O)CN(Cc2ccc(C(F)(F)F)cc2C(N)=O)C1. The first-order valence-electron chi connectivity index (χ1n) is 6.03. The zero-order valence-corrected chi connectivity index (χ0v) is 10.9. The second kappa shape index (κ2) is 4.75. The Labute approximate surface area is 114 Å². The number of carbonyl (C=O) groups is 1. The van der Waals surface area contributed by atoms with E-state index >= 15 is 0 Å². The molecule has 0 atom stereocenters. The molecule has 0 spiro atoms. The lowest BCUT2D eigenvalue weighted by Gasteiger charge is -2.44. The van der Waals surface area contributed by atoms with Crippen LogP contribution in [0.5, 0.6) is 0 Å². The van der Waals surface area contributed by atoms with Crippen LogP contribution in [0.3, 0.4) is 0 Å². The van der Waals surface area contributed by atoms with E-state index in [0.29, 0.717) is 18.7 Å². The van der Waals surface area contributed by atoms with Gasteiger partial charge in [-0.25, -0.2) is 0 Å². The van der Waals surface area contributed by atoms with E-state index in [0.717, 1.165) is 12.1 Å². The smallest absolute Gasteiger partial charge is 0.388 e. The largest absolute Gasteiger partial charge is 0.416 e. The number of likely N-dealkylation sites (tertiary alicyclic amines) is 1. The fraction of sp³-hybridized carbons (Fsp3) is 0.462. The standard InChI is InChI=1S/C13H15F3N2O2/c1-12(20)6-18(7-12)5-8-2-3-9(13(14,15)16)4-10(8)11(17)19/h2-4,20H,5-7H2,1H3,(H2,17,19). The highest BCUT2D eigenvalue weighted by molar-refractivity contribution is 5.94. The molecule has 1 aliphatic heterocycles. The van der Waals surface area contributed by atoms with E-state index in [9.17, 15) is 23.1 Å². The van der Waals surface area contributed by atoms with Gasteiger partial charge in [-0.1, -0.05) is 6.07 Å². The average molecular weight is 288 g/mol. The van der Waals surface area contributed by atoms with Crippen LogP contribution in [-0.2, 0) is 12.7 Å². The number of hydrogen-bond acceptors (Lipinski definition) is 3. The van der Waals surface area contributed by atoms with Crippen LogP contribution in [0, 0.1) is 0 Å². The highest BCUT2D eigenvalue weighted by Crippen LogP contribution is 2.31. The topological polar surface area (TPSA) is 66.6 Å². The van der Waals surface area contributed by atoms with Crippen molar-refractivity contribution in [2.75, 3.05) is 13.1 Å². The number of nitrogens with two attached hydrogens (primary N) is 1. The molecule has 1 aromatic carbocycles. The number of β-amino-alcohol motifs (C(OH)–C–C–N with tert-alkyl or cyclic N) is 1. The quantitative estimate of drug-likeness (QED) is 0.883. The van der Waals surface area contributed by atoms with E-state index in [4.69, 9.17) is 5.73 Å². The molecule has 20 heavy (non-hydrogen) atoms. The van der Waals surface area contributed by atoms with Crippen LogP contribution in [0.25, 0.3) is 0 Å². The summed E-state index contributed by atoms with van der Waals surface area (Å²) in [6, 6.07) is 2.96. The summed E-state index contributed by atoms with van der Waals surface area (Å²) < 4.78 is 37.8. The minimum Gasteiger partial charge on any atom is -0.388 e. The Balaban J connectivity index is 2.23. The number of primary amides is 1. The third-order valence-electron chi connectivity index (χ3n) is 3.23. The lowest BCUT2D eigenvalue weighted by atomic mass is 9.94. The average Bonchev–Trinajstić information content (AvgIpc) is 2.25. The second-order valence-corrected chi connectivity index (χ2v) is 5.38. The molecule has 1 fully saturated rings. The number of nitrogens with zero attached hydrogens (tertiary/aromatic N) is 1. The summed E-state index contributed by atoms with van der Waals surface area (Å²) in [5.74, 6) is -0.890. The van der Waals surface area contributed by atoms with E-state index in [-0.39, 0.29) is 12.1 Å². The number of benzene rings is 1. The Hall–Kier alpha value is -1.60. The van der Waals surface area contributed by atoms with Crippen LogP contribution in [0.1, 0.15) is 28.4 Å². The van der Waals surface area contributed by atoms with E-state index in [1.165, 1.54) is 6.07 Å². The highest BCUT2D eigenvalue weighted by atomic mass is 19.4. The highest BCUT2D eigenvalue weighted by Gasteiger charge is 2.37. The van der Waals surface area contributed by atoms with Gasteiger partial charge >= 0.3 is 6.18 Å². The molecule has 110 valence electrons. The fourth-order valence-corrected chi connectivity index (χ4v) is 2.39. The minimum atomic E-state index is -4.51. The first-order chi connectivity index (χ1) is 9.08. The van der Waals surface area contributed by atoms with E-state index < -0.39 is 23.2 Å². The fourth-order valence-electron chi connectivity index (χ4n) is 2.39. The molecule has 0 saturated carbocycles. The Morgan fingerprint density at radius 3 is 2.50 bits per heavy atom. The predicted molar refractivity (Wildman–Crippen MR) is 65.9 cm³/mol. The summed E-state index contributed by atoms with van der Waals surface area (Å²) in [4.78, 5) is 13.1. The Bertz CT molecular complexity index is 533. The van der Waals surface area contributed by atoms with Gasteiger partial charge in [0.05, 0.1) is 11.2 Å². The molecular formula is C13H15F3N2O2. The van der Waals surface area contributed by atoms with Crippen molar-refractivity contribution in [3.8, 4) is 0 Å². The van der Waals surface area contributed by atoms with Gasteiger partial charge in [-0.15, -0.1) is 0 Å². The molecule has 1 saturated heterocycles. The Morgan fingerprint density at radius 1 is 1.45 bits per heavy atom. The van der Waals surface area contributed by atoms with Crippen LogP contribution in [0.15, 0.2) is 18.2 Å². The summed E-state index contributed by atoms with van der Waals surface area (Å²) in [7, 11) is 0. The first-order valence-corrected chi connectivity index (χ1v) is 6.03. The van der Waals surface area contributed by atoms with Crippen molar-refractivity contribution < 1.29 is 23.1 Å². The number of rotatable bonds is 3. The molecule has 1 aliphatic rings. The maximum absolute atomic E-state index is 12.6. The molecule has 1 aromatic rings. The number of alkyl halides is 3. The molecule has 3 N–H and O–H groups in total. The molecule has 0 radical (unpaired) electrons. The number of aliphatic hydroxyl groups is 1. The van der Waals surface area contributed by atoms with Crippen LogP contribution in [-0.4, -0.2) is 34.6 Å². The summed E-state index contributed by atoms with van der Waals surface area (Å²) >= 11 is 0. The monoisotopic (exact) mass is 288 g/mol. The van der Waals surface area contributed by atoms with Gasteiger partial charge in [0.15, 0.2) is 0 Å². The minimum absolute atomic E-state index is 0.133. The van der Waals surface area contributed by atoms with Crippen molar-refractivity contribution >= 4 is 5.91 Å². The third kappa shape index (κ3) is 3.10. The molecule has 0 bridgehead atoms. The second-order valence-electron chi connectivity index (χ2n) is 5.38. The normalized spacial score (nSPS) is 18.6. The molecule has 2 rings (SSSR count). The summed E-state index contributed by atoms with van der Waals surface area (Å²) in [5.41, 5.74) is 3.76. The van der Waals surface area contributed by atoms with Crippen LogP contribution in [0.2, 0.25) is 0 Å². The van der Waals surface area contributed by atoms with Crippen molar-refractivity contribution in [2.24, 2.45) is 5.73 Å². The van der Waals surface area contributed by atoms with Gasteiger partial charge in [-0.3, -0.25) is 9.69 Å². The van der Waals surface area contributed by atoms with Crippen molar-refractivity contribution in [3.63, 3.8) is 0 Å². The van der Waals surface area contributed by atoms with Crippen molar-refractivity contribution in [3.05, 3.63) is 34.9 Å². The number of hydrogen-bond donors (Lipinski definition) is 2. The van der Waals surface area contributed by atoms with Crippen molar-refractivity contribution in [1.29, 1.82) is 0 Å². The zero-order valence-electron chi connectivity index (χ0n) is 10.9. The maximum atomic E-state index is 12.6. The maximum Gasteiger partial charge on any atom is 0.416 e. The predicted octanol–water partition coefficient (Wildman–Crippen LogP) is 1.37. The van der Waals surface area contributed by atoms with Crippen molar-refractivity contribution in [2.45, 2.75) is 25.2 Å². The molecule has 1 heterocycles. The van der Waals surface area contributed by atoms with Crippen LogP contribution >= 0.6 is 0 Å². The summed E-state index contributed by atoms with van der Waals surface area (Å²) in [6.07, 6.45) is -4.51. The summed E-state index contributed by atoms with van der Waals surface area (Å²) in [5, 5.41) is 9.61. The van der Waals surface area contributed by atoms with E-state index in [1.807, 2.05) is 4.90 Å². The van der Waals surface area contributed by atoms with Gasteiger partial charge in [-0.2, -0.15) is 13.2 Å². The Kier molecular flexibility index (Phi) is 3.51. The van der Waals surface area contributed by atoms with Gasteiger partial charge in [-0.05, 0) is 24.6 Å². The molecule has 1 amide bonds. The van der Waals surface area contributed by atoms with E-state index in [1.54, 1.807) is 6.92 Å². The van der Waals surface area contributed by atoms with Gasteiger partial charge in [0.25, 0.3) is 0 Å². The molecular weight excluding hydrogens is 273 g/mol. The lowest BCUT2D eigenvalue weighted by molar-refractivity contribution is -0.137. The molecule has 0 aromatic heterocycles. The molecule has 0 aliphatic carbocycles. The van der Waals surface area contributed by atoms with Gasteiger partial charge in [0, 0.05) is 25.2 Å². The van der Waals surface area contributed by atoms with Crippen molar-refractivity contribution in [1.82, 2.24) is 4.90 Å². The molecule has 7 heteroatoms. The van der Waals surface area contributed by atoms with E-state index in [2.05, 4.69) is 0 Å². The lowest BCUT2D eigenvalue weighted by Crippen LogP contribution is -2.59. The Morgan fingerprint density at radius 2 is 2.05 bits per heavy atom. The number of amides is 1. The van der Waals surface area contributed by atoms with Gasteiger partial charge in [0.2, 0.25) is 5.91 Å². The van der Waals surface area contributed by atoms with Gasteiger partial charge in [0.1, 0.15) is 0 Å². The molecule has 4 nitrogen and oxygen atoms in total. The number of halogens is 3. The molecule has 0 unspecified atom stereocenters.